The summed E-state index contributed by atoms with van der Waals surface area (Å²) in [5.74, 6) is 0.429. The van der Waals surface area contributed by atoms with Gasteiger partial charge in [-0.25, -0.2) is 0 Å². The van der Waals surface area contributed by atoms with Crippen LogP contribution in [0.2, 0.25) is 0 Å². The molecule has 1 unspecified atom stereocenters. The number of thiocarbonyl (C=S) groups is 1. The van der Waals surface area contributed by atoms with Crippen molar-refractivity contribution >= 4 is 17.2 Å². The predicted molar refractivity (Wildman–Crippen MR) is 61.0 cm³/mol. The fourth-order valence-corrected chi connectivity index (χ4v) is 1.56. The van der Waals surface area contributed by atoms with Crippen molar-refractivity contribution in [1.82, 2.24) is 0 Å². The topological polar surface area (TPSA) is 26.0 Å². The highest BCUT2D eigenvalue weighted by Gasteiger charge is 2.05. The predicted octanol–water partition coefficient (Wildman–Crippen LogP) is 2.77. The van der Waals surface area contributed by atoms with E-state index in [2.05, 4.69) is 38.1 Å². The molecule has 13 heavy (non-hydrogen) atoms. The van der Waals surface area contributed by atoms with Gasteiger partial charge in [-0.3, -0.25) is 0 Å². The van der Waals surface area contributed by atoms with Gasteiger partial charge < -0.3 is 5.73 Å². The number of nitrogens with two attached hydrogens (primary N) is 1. The third-order valence-electron chi connectivity index (χ3n) is 2.15. The zero-order valence-corrected chi connectivity index (χ0v) is 8.90. The molecule has 0 aliphatic carbocycles. The van der Waals surface area contributed by atoms with Gasteiger partial charge >= 0.3 is 0 Å². The zero-order valence-electron chi connectivity index (χ0n) is 8.08. The van der Waals surface area contributed by atoms with Gasteiger partial charge in [0.2, 0.25) is 0 Å². The van der Waals surface area contributed by atoms with E-state index >= 15 is 0 Å². The summed E-state index contributed by atoms with van der Waals surface area (Å²) >= 11 is 4.88. The van der Waals surface area contributed by atoms with E-state index in [1.165, 1.54) is 11.1 Å². The first-order chi connectivity index (χ1) is 6.09. The molecule has 0 aliphatic rings. The third-order valence-corrected chi connectivity index (χ3v) is 2.32. The Bertz CT molecular complexity index is 289. The molecule has 0 radical (unpaired) electrons. The smallest absolute Gasteiger partial charge is 0.0733 e. The summed E-state index contributed by atoms with van der Waals surface area (Å²) in [6, 6.07) is 8.51. The van der Waals surface area contributed by atoms with Gasteiger partial charge in [-0.1, -0.05) is 49.0 Å². The van der Waals surface area contributed by atoms with E-state index in [4.69, 9.17) is 18.0 Å². The van der Waals surface area contributed by atoms with Gasteiger partial charge in [0, 0.05) is 6.42 Å². The average molecular weight is 193 g/mol. The van der Waals surface area contributed by atoms with Crippen molar-refractivity contribution in [1.29, 1.82) is 0 Å². The van der Waals surface area contributed by atoms with Gasteiger partial charge in [-0.2, -0.15) is 0 Å². The minimum absolute atomic E-state index is 0.429. The molecule has 0 spiro atoms. The van der Waals surface area contributed by atoms with Crippen molar-refractivity contribution < 1.29 is 0 Å². The molecule has 0 amide bonds. The van der Waals surface area contributed by atoms with Crippen molar-refractivity contribution in [2.24, 2.45) is 5.73 Å². The van der Waals surface area contributed by atoms with Gasteiger partial charge in [0.1, 0.15) is 0 Å². The fraction of sp³-hybridized carbons (Fsp3) is 0.364. The summed E-state index contributed by atoms with van der Waals surface area (Å²) in [7, 11) is 0. The molecule has 1 nitrogen and oxygen atoms in total. The van der Waals surface area contributed by atoms with Gasteiger partial charge in [-0.15, -0.1) is 0 Å². The van der Waals surface area contributed by atoms with Crippen LogP contribution in [-0.4, -0.2) is 4.99 Å². The lowest BCUT2D eigenvalue weighted by Crippen LogP contribution is -2.11. The largest absolute Gasteiger partial charge is 0.393 e. The van der Waals surface area contributed by atoms with E-state index in [1.54, 1.807) is 0 Å². The minimum Gasteiger partial charge on any atom is -0.393 e. The number of benzene rings is 1. The molecule has 1 rings (SSSR count). The van der Waals surface area contributed by atoms with Crippen molar-refractivity contribution in [3.05, 3.63) is 35.4 Å². The highest BCUT2D eigenvalue weighted by atomic mass is 32.1. The maximum atomic E-state index is 5.49. The van der Waals surface area contributed by atoms with Crippen LogP contribution in [0.25, 0.3) is 0 Å². The first-order valence-corrected chi connectivity index (χ1v) is 4.85. The second-order valence-electron chi connectivity index (χ2n) is 3.48. The van der Waals surface area contributed by atoms with Crippen molar-refractivity contribution in [3.8, 4) is 0 Å². The lowest BCUT2D eigenvalue weighted by molar-refractivity contribution is 0.806. The van der Waals surface area contributed by atoms with Crippen molar-refractivity contribution in [2.45, 2.75) is 26.2 Å². The first-order valence-electron chi connectivity index (χ1n) is 4.44. The van der Waals surface area contributed by atoms with Crippen LogP contribution in [0.1, 0.15) is 30.4 Å². The van der Waals surface area contributed by atoms with Gasteiger partial charge in [0.25, 0.3) is 0 Å². The highest BCUT2D eigenvalue weighted by Crippen LogP contribution is 2.18. The summed E-state index contributed by atoms with van der Waals surface area (Å²) in [5.41, 5.74) is 8.08. The van der Waals surface area contributed by atoms with Crippen molar-refractivity contribution in [3.63, 3.8) is 0 Å². The molecule has 0 aliphatic heterocycles. The molecule has 0 aromatic heterocycles. The Morgan fingerprint density at radius 3 is 2.38 bits per heavy atom. The quantitative estimate of drug-likeness (QED) is 0.747. The molecule has 0 saturated carbocycles. The van der Waals surface area contributed by atoms with E-state index in [0.29, 0.717) is 10.9 Å². The molecule has 0 saturated heterocycles. The van der Waals surface area contributed by atoms with Gasteiger partial charge in [0.05, 0.1) is 4.99 Å². The molecular weight excluding hydrogens is 178 g/mol. The lowest BCUT2D eigenvalue weighted by Gasteiger charge is -2.10. The van der Waals surface area contributed by atoms with E-state index in [-0.39, 0.29) is 0 Å². The Balaban J connectivity index is 2.71. The van der Waals surface area contributed by atoms with E-state index < -0.39 is 0 Å². The molecule has 0 bridgehead atoms. The molecule has 1 aromatic carbocycles. The maximum Gasteiger partial charge on any atom is 0.0733 e. The monoisotopic (exact) mass is 193 g/mol. The van der Waals surface area contributed by atoms with Crippen LogP contribution >= 0.6 is 12.2 Å². The Hall–Kier alpha value is -0.890. The second-order valence-corrected chi connectivity index (χ2v) is 4.01. The number of aryl methyl sites for hydroxylation is 1. The highest BCUT2D eigenvalue weighted by molar-refractivity contribution is 7.80. The van der Waals surface area contributed by atoms with Crippen LogP contribution in [-0.2, 0) is 0 Å². The standard InChI is InChI=1S/C11H15NS/c1-8-3-5-10(6-4-8)9(2)7-11(12)13/h3-6,9H,7H2,1-2H3,(H2,12,13). The molecule has 70 valence electrons. The SMILES string of the molecule is Cc1ccc(C(C)CC(N)=S)cc1. The first kappa shape index (κ1) is 10.2. The maximum absolute atomic E-state index is 5.49. The number of rotatable bonds is 3. The second kappa shape index (κ2) is 4.38. The molecule has 2 N–H and O–H groups in total. The molecular formula is C11H15NS. The normalized spacial score (nSPS) is 12.5. The Labute approximate surface area is 85.0 Å². The van der Waals surface area contributed by atoms with Crippen LogP contribution in [0.3, 0.4) is 0 Å². The summed E-state index contributed by atoms with van der Waals surface area (Å²) < 4.78 is 0. The van der Waals surface area contributed by atoms with Gasteiger partial charge in [-0.05, 0) is 18.4 Å². The van der Waals surface area contributed by atoms with Crippen LogP contribution in [0, 0.1) is 6.92 Å². The molecule has 2 heteroatoms. The summed E-state index contributed by atoms with van der Waals surface area (Å²) in [6.45, 7) is 4.23. The summed E-state index contributed by atoms with van der Waals surface area (Å²) in [4.78, 5) is 0.591. The zero-order chi connectivity index (χ0) is 9.84. The molecule has 0 fully saturated rings. The minimum atomic E-state index is 0.429. The van der Waals surface area contributed by atoms with E-state index in [0.717, 1.165) is 6.42 Å². The molecule has 1 aromatic rings. The summed E-state index contributed by atoms with van der Waals surface area (Å²) in [6.07, 6.45) is 0.790. The van der Waals surface area contributed by atoms with Gasteiger partial charge in [0.15, 0.2) is 0 Å². The Kier molecular flexibility index (Phi) is 3.43. The number of hydrogen-bond donors (Lipinski definition) is 1. The molecule has 0 heterocycles. The molecule has 1 atom stereocenters. The Morgan fingerprint density at radius 1 is 1.38 bits per heavy atom. The van der Waals surface area contributed by atoms with Crippen LogP contribution in [0.5, 0.6) is 0 Å². The lowest BCUT2D eigenvalue weighted by atomic mass is 9.97. The van der Waals surface area contributed by atoms with Crippen LogP contribution in [0.15, 0.2) is 24.3 Å². The fourth-order valence-electron chi connectivity index (χ4n) is 1.31. The van der Waals surface area contributed by atoms with E-state index in [1.807, 2.05) is 0 Å². The van der Waals surface area contributed by atoms with E-state index in [9.17, 15) is 0 Å². The van der Waals surface area contributed by atoms with Crippen LogP contribution in [0.4, 0.5) is 0 Å². The average Bonchev–Trinajstić information content (AvgIpc) is 2.04. The Morgan fingerprint density at radius 2 is 1.92 bits per heavy atom. The van der Waals surface area contributed by atoms with Crippen molar-refractivity contribution in [2.75, 3.05) is 0 Å². The summed E-state index contributed by atoms with van der Waals surface area (Å²) in [5, 5.41) is 0. The number of hydrogen-bond acceptors (Lipinski definition) is 1. The third kappa shape index (κ3) is 3.15. The van der Waals surface area contributed by atoms with Crippen LogP contribution < -0.4 is 5.73 Å².